The zero-order valence-electron chi connectivity index (χ0n) is 14.9. The highest BCUT2D eigenvalue weighted by Gasteiger charge is 2.33. The minimum Gasteiger partial charge on any atom is -0.483 e. The van der Waals surface area contributed by atoms with Gasteiger partial charge in [0.2, 0.25) is 0 Å². The Balaban J connectivity index is 1.35. The summed E-state index contributed by atoms with van der Waals surface area (Å²) >= 11 is 0. The van der Waals surface area contributed by atoms with Crippen LogP contribution in [0.2, 0.25) is 0 Å². The molecule has 0 radical (unpaired) electrons. The van der Waals surface area contributed by atoms with Gasteiger partial charge in [-0.2, -0.15) is 5.10 Å². The molecule has 0 spiro atoms. The fraction of sp³-hybridized carbons (Fsp3) is 0.350. The van der Waals surface area contributed by atoms with Gasteiger partial charge >= 0.3 is 0 Å². The molecule has 1 aliphatic rings. The number of hydrogen-bond acceptors (Lipinski definition) is 4. The molecule has 0 saturated carbocycles. The average Bonchev–Trinajstić information content (AvgIpc) is 3.32. The van der Waals surface area contributed by atoms with Crippen LogP contribution >= 0.6 is 0 Å². The first-order chi connectivity index (χ1) is 12.7. The molecule has 26 heavy (non-hydrogen) atoms. The van der Waals surface area contributed by atoms with E-state index >= 15 is 0 Å². The number of nitrogens with zero attached hydrogens (tertiary/aromatic N) is 4. The smallest absolute Gasteiger partial charge is 0.157 e. The summed E-state index contributed by atoms with van der Waals surface area (Å²) < 4.78 is 9.96. The van der Waals surface area contributed by atoms with Crippen molar-refractivity contribution in [1.82, 2.24) is 19.2 Å². The molecule has 1 aliphatic heterocycles. The quantitative estimate of drug-likeness (QED) is 0.736. The first kappa shape index (κ1) is 16.9. The number of β-amino-alcohol motifs (C(OH)–C–C–N with tert-alkyl or cyclic N) is 1. The Morgan fingerprint density at radius 1 is 1.12 bits per heavy atom. The molecule has 1 fully saturated rings. The summed E-state index contributed by atoms with van der Waals surface area (Å²) in [6, 6.07) is 14.3. The van der Waals surface area contributed by atoms with Gasteiger partial charge in [0.1, 0.15) is 12.2 Å². The Bertz CT molecular complexity index is 842. The van der Waals surface area contributed by atoms with Crippen molar-refractivity contribution in [3.05, 3.63) is 72.3 Å². The second kappa shape index (κ2) is 7.35. The Kier molecular flexibility index (Phi) is 4.77. The van der Waals surface area contributed by atoms with Crippen LogP contribution in [0.15, 0.2) is 61.1 Å². The Hall–Kier alpha value is -2.57. The molecule has 2 aromatic heterocycles. The molecule has 136 valence electrons. The second-order valence-electron chi connectivity index (χ2n) is 6.89. The van der Waals surface area contributed by atoms with Gasteiger partial charge in [0, 0.05) is 38.6 Å². The summed E-state index contributed by atoms with van der Waals surface area (Å²) in [5.74, 6) is 0.700. The summed E-state index contributed by atoms with van der Waals surface area (Å²) in [5.41, 5.74) is 2.42. The van der Waals surface area contributed by atoms with Crippen molar-refractivity contribution in [2.75, 3.05) is 13.1 Å². The molecule has 0 aliphatic carbocycles. The SMILES string of the molecule is Cn1cccc1CN1C[C@@H](O)[C@H](Oc2cnn(Cc3ccccc3)c2)C1. The first-order valence-electron chi connectivity index (χ1n) is 8.91. The number of aromatic nitrogens is 3. The van der Waals surface area contributed by atoms with E-state index in [2.05, 4.69) is 32.8 Å². The molecule has 2 atom stereocenters. The van der Waals surface area contributed by atoms with E-state index in [-0.39, 0.29) is 6.10 Å². The predicted octanol–water partition coefficient (Wildman–Crippen LogP) is 1.89. The van der Waals surface area contributed by atoms with Gasteiger partial charge in [0.15, 0.2) is 5.75 Å². The Morgan fingerprint density at radius 3 is 2.73 bits per heavy atom. The summed E-state index contributed by atoms with van der Waals surface area (Å²) in [4.78, 5) is 2.22. The van der Waals surface area contributed by atoms with Gasteiger partial charge in [-0.05, 0) is 17.7 Å². The Labute approximate surface area is 153 Å². The maximum absolute atomic E-state index is 10.4. The fourth-order valence-corrected chi connectivity index (χ4v) is 3.40. The van der Waals surface area contributed by atoms with Crippen molar-refractivity contribution in [1.29, 1.82) is 0 Å². The molecule has 6 nitrogen and oxygen atoms in total. The third-order valence-electron chi connectivity index (χ3n) is 4.83. The number of likely N-dealkylation sites (tertiary alicyclic amines) is 1. The van der Waals surface area contributed by atoms with Crippen LogP contribution in [0, 0.1) is 0 Å². The maximum atomic E-state index is 10.4. The van der Waals surface area contributed by atoms with Crippen LogP contribution in [-0.2, 0) is 20.1 Å². The summed E-state index contributed by atoms with van der Waals surface area (Å²) in [7, 11) is 2.04. The number of aryl methyl sites for hydroxylation is 1. The lowest BCUT2D eigenvalue weighted by Crippen LogP contribution is -2.29. The highest BCUT2D eigenvalue weighted by atomic mass is 16.5. The standard InChI is InChI=1S/C20H24N4O2/c1-22-9-5-8-17(22)12-23-14-19(25)20(15-23)26-18-10-21-24(13-18)11-16-6-3-2-4-7-16/h2-10,13,19-20,25H,11-12,14-15H2,1H3/t19-,20-/m1/s1. The average molecular weight is 352 g/mol. The van der Waals surface area contributed by atoms with Crippen LogP contribution < -0.4 is 4.74 Å². The van der Waals surface area contributed by atoms with Crippen LogP contribution in [0.1, 0.15) is 11.3 Å². The largest absolute Gasteiger partial charge is 0.483 e. The van der Waals surface area contributed by atoms with Gasteiger partial charge < -0.3 is 14.4 Å². The van der Waals surface area contributed by atoms with Gasteiger partial charge in [0.25, 0.3) is 0 Å². The highest BCUT2D eigenvalue weighted by Crippen LogP contribution is 2.20. The van der Waals surface area contributed by atoms with Crippen LogP contribution in [-0.4, -0.2) is 49.7 Å². The molecule has 0 amide bonds. The van der Waals surface area contributed by atoms with E-state index in [9.17, 15) is 5.11 Å². The monoisotopic (exact) mass is 352 g/mol. The molecular weight excluding hydrogens is 328 g/mol. The zero-order chi connectivity index (χ0) is 17.9. The molecule has 0 unspecified atom stereocenters. The van der Waals surface area contributed by atoms with E-state index in [4.69, 9.17) is 4.74 Å². The number of rotatable bonds is 6. The van der Waals surface area contributed by atoms with Crippen molar-refractivity contribution in [2.24, 2.45) is 7.05 Å². The highest BCUT2D eigenvalue weighted by molar-refractivity contribution is 5.18. The van der Waals surface area contributed by atoms with Gasteiger partial charge in [-0.15, -0.1) is 0 Å². The number of hydrogen-bond donors (Lipinski definition) is 1. The van der Waals surface area contributed by atoms with Crippen LogP contribution in [0.3, 0.4) is 0 Å². The lowest BCUT2D eigenvalue weighted by atomic mass is 10.2. The molecular formula is C20H24N4O2. The van der Waals surface area contributed by atoms with E-state index in [1.165, 1.54) is 11.3 Å². The normalized spacial score (nSPS) is 20.5. The van der Waals surface area contributed by atoms with Crippen molar-refractivity contribution in [3.8, 4) is 5.75 Å². The molecule has 4 rings (SSSR count). The third kappa shape index (κ3) is 3.81. The summed E-state index contributed by atoms with van der Waals surface area (Å²) in [5, 5.41) is 14.7. The molecule has 3 aromatic rings. The molecule has 1 saturated heterocycles. The van der Waals surface area contributed by atoms with Crippen LogP contribution in [0.4, 0.5) is 0 Å². The van der Waals surface area contributed by atoms with Gasteiger partial charge in [-0.3, -0.25) is 9.58 Å². The molecule has 0 bridgehead atoms. The van der Waals surface area contributed by atoms with Crippen molar-refractivity contribution >= 4 is 0 Å². The number of ether oxygens (including phenoxy) is 1. The van der Waals surface area contributed by atoms with E-state index in [0.717, 1.165) is 6.54 Å². The summed E-state index contributed by atoms with van der Waals surface area (Å²) in [6.07, 6.45) is 4.92. The third-order valence-corrected chi connectivity index (χ3v) is 4.83. The minimum atomic E-state index is -0.493. The lowest BCUT2D eigenvalue weighted by Gasteiger charge is -2.16. The molecule has 1 aromatic carbocycles. The molecule has 6 heteroatoms. The first-order valence-corrected chi connectivity index (χ1v) is 8.91. The summed E-state index contributed by atoms with van der Waals surface area (Å²) in [6.45, 7) is 2.84. The fourth-order valence-electron chi connectivity index (χ4n) is 3.40. The minimum absolute atomic E-state index is 0.232. The van der Waals surface area contributed by atoms with Gasteiger partial charge in [0.05, 0.1) is 18.9 Å². The van der Waals surface area contributed by atoms with Gasteiger partial charge in [-0.25, -0.2) is 0 Å². The number of aliphatic hydroxyl groups excluding tert-OH is 1. The lowest BCUT2D eigenvalue weighted by molar-refractivity contribution is 0.0736. The zero-order valence-corrected chi connectivity index (χ0v) is 14.9. The second-order valence-corrected chi connectivity index (χ2v) is 6.89. The van der Waals surface area contributed by atoms with E-state index in [1.807, 2.05) is 48.4 Å². The molecule has 3 heterocycles. The predicted molar refractivity (Wildman–Crippen MR) is 98.9 cm³/mol. The van der Waals surface area contributed by atoms with Crippen LogP contribution in [0.25, 0.3) is 0 Å². The van der Waals surface area contributed by atoms with Crippen molar-refractivity contribution in [2.45, 2.75) is 25.3 Å². The number of aliphatic hydroxyl groups is 1. The topological polar surface area (TPSA) is 55.4 Å². The van der Waals surface area contributed by atoms with Crippen LogP contribution in [0.5, 0.6) is 5.75 Å². The molecule has 1 N–H and O–H groups in total. The van der Waals surface area contributed by atoms with Crippen molar-refractivity contribution < 1.29 is 9.84 Å². The van der Waals surface area contributed by atoms with E-state index in [1.54, 1.807) is 6.20 Å². The number of benzene rings is 1. The Morgan fingerprint density at radius 2 is 1.96 bits per heavy atom. The van der Waals surface area contributed by atoms with Gasteiger partial charge in [-0.1, -0.05) is 30.3 Å². The maximum Gasteiger partial charge on any atom is 0.157 e. The van der Waals surface area contributed by atoms with E-state index < -0.39 is 6.10 Å². The van der Waals surface area contributed by atoms with Crippen molar-refractivity contribution in [3.63, 3.8) is 0 Å². The van der Waals surface area contributed by atoms with E-state index in [0.29, 0.717) is 25.4 Å².